The number of rotatable bonds is 8. The molecule has 0 spiro atoms. The first kappa shape index (κ1) is 17.2. The number of aromatic nitrogens is 1. The number of nitrogens with zero attached hydrogens (tertiary/aromatic N) is 1. The van der Waals surface area contributed by atoms with E-state index in [0.29, 0.717) is 18.1 Å². The first-order chi connectivity index (χ1) is 9.85. The quantitative estimate of drug-likeness (QED) is 0.667. The summed E-state index contributed by atoms with van der Waals surface area (Å²) in [4.78, 5) is 23.0. The number of aliphatic hydroxyl groups excluding tert-OH is 1. The largest absolute Gasteiger partial charge is 0.481 e. The summed E-state index contributed by atoms with van der Waals surface area (Å²) >= 11 is 0. The van der Waals surface area contributed by atoms with Crippen LogP contribution in [0.5, 0.6) is 0 Å². The minimum absolute atomic E-state index is 0.00787. The average molecular weight is 298 g/mol. The molecule has 0 saturated heterocycles. The molecule has 0 fully saturated rings. The second-order valence-electron chi connectivity index (χ2n) is 5.52. The van der Waals surface area contributed by atoms with Crippen LogP contribution in [0.1, 0.15) is 48.5 Å². The lowest BCUT2D eigenvalue weighted by Crippen LogP contribution is -2.31. The van der Waals surface area contributed by atoms with Crippen LogP contribution in [0.15, 0.2) is 4.52 Å². The van der Waals surface area contributed by atoms with Gasteiger partial charge in [0.1, 0.15) is 17.0 Å². The molecular formula is C14H22N2O5. The number of aliphatic carboxylic acids is 1. The first-order valence-electron chi connectivity index (χ1n) is 6.91. The highest BCUT2D eigenvalue weighted by atomic mass is 16.5. The monoisotopic (exact) mass is 298 g/mol. The van der Waals surface area contributed by atoms with Gasteiger partial charge in [-0.3, -0.25) is 9.59 Å². The number of hydrogen-bond acceptors (Lipinski definition) is 5. The van der Waals surface area contributed by atoms with Gasteiger partial charge in [-0.1, -0.05) is 19.0 Å². The van der Waals surface area contributed by atoms with E-state index in [0.717, 1.165) is 0 Å². The van der Waals surface area contributed by atoms with Gasteiger partial charge >= 0.3 is 5.97 Å². The summed E-state index contributed by atoms with van der Waals surface area (Å²) in [6, 6.07) is 0. The van der Waals surface area contributed by atoms with Gasteiger partial charge < -0.3 is 20.1 Å². The van der Waals surface area contributed by atoms with Crippen molar-refractivity contribution >= 4 is 11.9 Å². The number of carboxylic acids is 1. The van der Waals surface area contributed by atoms with Gasteiger partial charge in [0.05, 0.1) is 6.61 Å². The first-order valence-corrected chi connectivity index (χ1v) is 6.91. The van der Waals surface area contributed by atoms with E-state index in [9.17, 15) is 9.59 Å². The Kier molecular flexibility index (Phi) is 6.36. The molecule has 1 atom stereocenters. The van der Waals surface area contributed by atoms with Crippen molar-refractivity contribution in [3.63, 3.8) is 0 Å². The van der Waals surface area contributed by atoms with Gasteiger partial charge in [-0.2, -0.15) is 0 Å². The average Bonchev–Trinajstić information content (AvgIpc) is 2.75. The van der Waals surface area contributed by atoms with Crippen LogP contribution in [0.3, 0.4) is 0 Å². The maximum absolute atomic E-state index is 12.1. The molecule has 3 N–H and O–H groups in total. The van der Waals surface area contributed by atoms with E-state index in [1.807, 2.05) is 13.8 Å². The summed E-state index contributed by atoms with van der Waals surface area (Å²) in [7, 11) is 0. The highest BCUT2D eigenvalue weighted by Gasteiger charge is 2.21. The minimum atomic E-state index is -0.882. The summed E-state index contributed by atoms with van der Waals surface area (Å²) < 4.78 is 4.88. The molecule has 7 nitrogen and oxygen atoms in total. The zero-order valence-corrected chi connectivity index (χ0v) is 12.5. The molecule has 0 aromatic carbocycles. The number of nitrogens with one attached hydrogen (secondary N) is 1. The molecular weight excluding hydrogens is 276 g/mol. The third-order valence-electron chi connectivity index (χ3n) is 3.13. The molecule has 0 unspecified atom stereocenters. The standard InChI is InChI=1S/C14H22N2O5/c1-8(2)4-10(5-12(18)19)6-15-14(20)13-9(3)21-16-11(13)7-17/h8,10,17H,4-7H2,1-3H3,(H,15,20)(H,18,19)/t10-/m0/s1. The lowest BCUT2D eigenvalue weighted by molar-refractivity contribution is -0.138. The molecule has 0 aliphatic rings. The Morgan fingerprint density at radius 1 is 1.38 bits per heavy atom. The zero-order chi connectivity index (χ0) is 16.0. The van der Waals surface area contributed by atoms with E-state index in [4.69, 9.17) is 14.7 Å². The Morgan fingerprint density at radius 2 is 2.05 bits per heavy atom. The van der Waals surface area contributed by atoms with Crippen molar-refractivity contribution in [1.82, 2.24) is 10.5 Å². The normalized spacial score (nSPS) is 12.4. The van der Waals surface area contributed by atoms with Crippen LogP contribution in [-0.4, -0.2) is 33.8 Å². The van der Waals surface area contributed by atoms with Crippen molar-refractivity contribution in [1.29, 1.82) is 0 Å². The van der Waals surface area contributed by atoms with Gasteiger partial charge in [-0.15, -0.1) is 0 Å². The summed E-state index contributed by atoms with van der Waals surface area (Å²) in [6.45, 7) is 5.47. The Hall–Kier alpha value is -1.89. The maximum atomic E-state index is 12.1. The van der Waals surface area contributed by atoms with Crippen LogP contribution < -0.4 is 5.32 Å². The van der Waals surface area contributed by atoms with Crippen LogP contribution in [0.2, 0.25) is 0 Å². The van der Waals surface area contributed by atoms with Gasteiger partial charge in [0.15, 0.2) is 0 Å². The number of amides is 1. The number of carboxylic acid groups (broad SMARTS) is 1. The lowest BCUT2D eigenvalue weighted by Gasteiger charge is -2.17. The SMILES string of the molecule is Cc1onc(CO)c1C(=O)NC[C@H](CC(=O)O)CC(C)C. The number of hydrogen-bond donors (Lipinski definition) is 3. The minimum Gasteiger partial charge on any atom is -0.481 e. The number of carbonyl (C=O) groups excluding carboxylic acids is 1. The van der Waals surface area contributed by atoms with Crippen LogP contribution in [0.25, 0.3) is 0 Å². The molecule has 0 aliphatic carbocycles. The van der Waals surface area contributed by atoms with Crippen LogP contribution in [-0.2, 0) is 11.4 Å². The fourth-order valence-electron chi connectivity index (χ4n) is 2.29. The van der Waals surface area contributed by atoms with E-state index >= 15 is 0 Å². The molecule has 1 heterocycles. The lowest BCUT2D eigenvalue weighted by atomic mass is 9.94. The molecule has 1 amide bonds. The zero-order valence-electron chi connectivity index (χ0n) is 12.5. The van der Waals surface area contributed by atoms with E-state index in [1.54, 1.807) is 6.92 Å². The molecule has 0 aliphatic heterocycles. The second kappa shape index (κ2) is 7.78. The van der Waals surface area contributed by atoms with Crippen LogP contribution in [0.4, 0.5) is 0 Å². The molecule has 1 aromatic rings. The van der Waals surface area contributed by atoms with Gasteiger partial charge in [-0.25, -0.2) is 0 Å². The predicted molar refractivity (Wildman–Crippen MR) is 74.7 cm³/mol. The third-order valence-corrected chi connectivity index (χ3v) is 3.13. The molecule has 21 heavy (non-hydrogen) atoms. The maximum Gasteiger partial charge on any atom is 0.303 e. The van der Waals surface area contributed by atoms with Crippen molar-refractivity contribution < 1.29 is 24.3 Å². The van der Waals surface area contributed by atoms with Crippen molar-refractivity contribution in [3.05, 3.63) is 17.0 Å². The van der Waals surface area contributed by atoms with Gasteiger partial charge in [0, 0.05) is 13.0 Å². The third kappa shape index (κ3) is 5.18. The molecule has 1 rings (SSSR count). The Balaban J connectivity index is 2.68. The summed E-state index contributed by atoms with van der Waals surface area (Å²) in [5.74, 6) is -0.750. The molecule has 0 saturated carbocycles. The van der Waals surface area contributed by atoms with Crippen LogP contribution in [0, 0.1) is 18.8 Å². The highest BCUT2D eigenvalue weighted by Crippen LogP contribution is 2.16. The van der Waals surface area contributed by atoms with E-state index in [1.165, 1.54) is 0 Å². The van der Waals surface area contributed by atoms with Crippen molar-refractivity contribution in [2.45, 2.75) is 40.2 Å². The number of aliphatic hydroxyl groups is 1. The Morgan fingerprint density at radius 3 is 2.57 bits per heavy atom. The molecule has 7 heteroatoms. The van der Waals surface area contributed by atoms with Gasteiger partial charge in [0.2, 0.25) is 0 Å². The number of carbonyl (C=O) groups is 2. The van der Waals surface area contributed by atoms with Crippen molar-refractivity contribution in [3.8, 4) is 0 Å². The van der Waals surface area contributed by atoms with Crippen molar-refractivity contribution in [2.75, 3.05) is 6.54 Å². The second-order valence-corrected chi connectivity index (χ2v) is 5.52. The summed E-state index contributed by atoms with van der Waals surface area (Å²) in [5, 5.41) is 24.3. The summed E-state index contributed by atoms with van der Waals surface area (Å²) in [5.41, 5.74) is 0.403. The molecule has 1 aromatic heterocycles. The smallest absolute Gasteiger partial charge is 0.303 e. The molecule has 118 valence electrons. The topological polar surface area (TPSA) is 113 Å². The van der Waals surface area contributed by atoms with E-state index in [-0.39, 0.29) is 36.7 Å². The summed E-state index contributed by atoms with van der Waals surface area (Å²) in [6.07, 6.45) is 0.718. The predicted octanol–water partition coefficient (Wildman–Crippen LogP) is 1.34. The van der Waals surface area contributed by atoms with Gasteiger partial charge in [0.25, 0.3) is 5.91 Å². The van der Waals surface area contributed by atoms with E-state index < -0.39 is 11.9 Å². The Labute approximate surface area is 123 Å². The van der Waals surface area contributed by atoms with E-state index in [2.05, 4.69) is 10.5 Å². The highest BCUT2D eigenvalue weighted by molar-refractivity contribution is 5.96. The van der Waals surface area contributed by atoms with Crippen molar-refractivity contribution in [2.24, 2.45) is 11.8 Å². The Bertz CT molecular complexity index is 496. The van der Waals surface area contributed by atoms with Gasteiger partial charge in [-0.05, 0) is 25.2 Å². The molecule has 0 radical (unpaired) electrons. The fraction of sp³-hybridized carbons (Fsp3) is 0.643. The van der Waals surface area contributed by atoms with Crippen LogP contribution >= 0.6 is 0 Å². The fourth-order valence-corrected chi connectivity index (χ4v) is 2.29. The number of aryl methyl sites for hydroxylation is 1. The molecule has 0 bridgehead atoms.